The molecule has 112 valence electrons. The molecular formula is C16H26N2O2. The maximum absolute atomic E-state index is 11.9. The summed E-state index contributed by atoms with van der Waals surface area (Å²) in [6.07, 6.45) is 5.82. The summed E-state index contributed by atoms with van der Waals surface area (Å²) in [6.45, 7) is 6.67. The fraction of sp³-hybridized carbons (Fsp3) is 0.750. The molecule has 1 aromatic rings. The first kappa shape index (κ1) is 15.2. The summed E-state index contributed by atoms with van der Waals surface area (Å²) in [5.41, 5.74) is 0.731. The Labute approximate surface area is 121 Å². The highest BCUT2D eigenvalue weighted by Crippen LogP contribution is 2.45. The summed E-state index contributed by atoms with van der Waals surface area (Å²) in [5, 5.41) is 0. The molecule has 4 nitrogen and oxygen atoms in total. The largest absolute Gasteiger partial charge is 0.370 e. The van der Waals surface area contributed by atoms with E-state index >= 15 is 0 Å². The van der Waals surface area contributed by atoms with Crippen molar-refractivity contribution in [1.82, 2.24) is 9.97 Å². The number of methoxy groups -OCH3 is 1. The predicted octanol–water partition coefficient (Wildman–Crippen LogP) is 3.16. The van der Waals surface area contributed by atoms with Crippen molar-refractivity contribution >= 4 is 0 Å². The normalized spacial score (nSPS) is 20.8. The molecule has 1 N–H and O–H groups in total. The number of ether oxygens (including phenoxy) is 1. The molecule has 0 spiro atoms. The van der Waals surface area contributed by atoms with E-state index in [-0.39, 0.29) is 5.56 Å². The van der Waals surface area contributed by atoms with Crippen LogP contribution in [0, 0.1) is 5.41 Å². The molecule has 0 radical (unpaired) electrons. The molecule has 0 aromatic carbocycles. The third-order valence-corrected chi connectivity index (χ3v) is 4.53. The monoisotopic (exact) mass is 278 g/mol. The molecule has 0 unspecified atom stereocenters. The lowest BCUT2D eigenvalue weighted by molar-refractivity contribution is -0.0732. The number of nitrogens with one attached hydrogen (secondary N) is 1. The van der Waals surface area contributed by atoms with Crippen LogP contribution in [0.15, 0.2) is 10.9 Å². The van der Waals surface area contributed by atoms with Crippen molar-refractivity contribution in [3.63, 3.8) is 0 Å². The highest BCUT2D eigenvalue weighted by molar-refractivity contribution is 5.11. The lowest BCUT2D eigenvalue weighted by Gasteiger charge is -2.41. The van der Waals surface area contributed by atoms with Crippen LogP contribution in [0.25, 0.3) is 0 Å². The van der Waals surface area contributed by atoms with Crippen LogP contribution >= 0.6 is 0 Å². The third kappa shape index (κ3) is 3.11. The van der Waals surface area contributed by atoms with Crippen LogP contribution in [0.3, 0.4) is 0 Å². The van der Waals surface area contributed by atoms with E-state index < -0.39 is 5.60 Å². The lowest BCUT2D eigenvalue weighted by atomic mass is 9.70. The zero-order valence-electron chi connectivity index (χ0n) is 13.1. The average molecular weight is 278 g/mol. The molecule has 0 aliphatic heterocycles. The standard InChI is InChI=1S/C16H26N2O2/c1-5-6-12-11-13(19)18-14(17-12)16(20-4)9-7-15(2,3)8-10-16/h11H,5-10H2,1-4H3,(H,17,18,19). The summed E-state index contributed by atoms with van der Waals surface area (Å²) in [4.78, 5) is 19.4. The van der Waals surface area contributed by atoms with Gasteiger partial charge >= 0.3 is 0 Å². The minimum absolute atomic E-state index is 0.0697. The van der Waals surface area contributed by atoms with Gasteiger partial charge in [-0.15, -0.1) is 0 Å². The van der Waals surface area contributed by atoms with E-state index in [9.17, 15) is 4.79 Å². The van der Waals surface area contributed by atoms with Crippen molar-refractivity contribution < 1.29 is 4.74 Å². The first-order valence-electron chi connectivity index (χ1n) is 7.57. The Hall–Kier alpha value is -1.16. The van der Waals surface area contributed by atoms with Gasteiger partial charge in [-0.3, -0.25) is 4.79 Å². The quantitative estimate of drug-likeness (QED) is 0.920. The maximum atomic E-state index is 11.9. The van der Waals surface area contributed by atoms with Gasteiger partial charge in [0, 0.05) is 18.9 Å². The van der Waals surface area contributed by atoms with Crippen LogP contribution < -0.4 is 5.56 Å². The minimum atomic E-state index is -0.418. The van der Waals surface area contributed by atoms with Gasteiger partial charge in [0.15, 0.2) is 0 Å². The van der Waals surface area contributed by atoms with E-state index in [0.29, 0.717) is 11.2 Å². The van der Waals surface area contributed by atoms with Gasteiger partial charge in [0.25, 0.3) is 5.56 Å². The van der Waals surface area contributed by atoms with Crippen LogP contribution in [-0.4, -0.2) is 17.1 Å². The van der Waals surface area contributed by atoms with E-state index in [0.717, 1.165) is 44.2 Å². The lowest BCUT2D eigenvalue weighted by Crippen LogP contribution is -2.39. The number of hydrogen-bond donors (Lipinski definition) is 1. The maximum Gasteiger partial charge on any atom is 0.251 e. The number of rotatable bonds is 4. The fourth-order valence-electron chi connectivity index (χ4n) is 2.98. The molecule has 1 fully saturated rings. The molecule has 1 heterocycles. The summed E-state index contributed by atoms with van der Waals surface area (Å²) in [7, 11) is 1.73. The van der Waals surface area contributed by atoms with E-state index in [1.165, 1.54) is 0 Å². The topological polar surface area (TPSA) is 55.0 Å². The highest BCUT2D eigenvalue weighted by atomic mass is 16.5. The summed E-state index contributed by atoms with van der Waals surface area (Å²) < 4.78 is 5.81. The molecule has 1 saturated carbocycles. The first-order valence-corrected chi connectivity index (χ1v) is 7.57. The van der Waals surface area contributed by atoms with Gasteiger partial charge in [-0.1, -0.05) is 27.2 Å². The molecule has 0 atom stereocenters. The molecule has 4 heteroatoms. The Balaban J connectivity index is 2.34. The van der Waals surface area contributed by atoms with Gasteiger partial charge in [-0.25, -0.2) is 4.98 Å². The van der Waals surface area contributed by atoms with Gasteiger partial charge < -0.3 is 9.72 Å². The van der Waals surface area contributed by atoms with Crippen molar-refractivity contribution in [2.24, 2.45) is 5.41 Å². The second-order valence-electron chi connectivity index (χ2n) is 6.70. The summed E-state index contributed by atoms with van der Waals surface area (Å²) in [6, 6.07) is 1.60. The van der Waals surface area contributed by atoms with Crippen molar-refractivity contribution in [3.8, 4) is 0 Å². The molecule has 20 heavy (non-hydrogen) atoms. The van der Waals surface area contributed by atoms with Crippen molar-refractivity contribution in [2.75, 3.05) is 7.11 Å². The third-order valence-electron chi connectivity index (χ3n) is 4.53. The molecule has 1 aliphatic rings. The van der Waals surface area contributed by atoms with Crippen molar-refractivity contribution in [1.29, 1.82) is 0 Å². The van der Waals surface area contributed by atoms with Gasteiger partial charge in [-0.05, 0) is 37.5 Å². The molecule has 2 rings (SSSR count). The molecule has 0 amide bonds. The number of aryl methyl sites for hydroxylation is 1. The van der Waals surface area contributed by atoms with Crippen LogP contribution in [0.4, 0.5) is 0 Å². The van der Waals surface area contributed by atoms with Crippen LogP contribution in [-0.2, 0) is 16.8 Å². The zero-order chi connectivity index (χ0) is 14.8. The van der Waals surface area contributed by atoms with Crippen molar-refractivity contribution in [2.45, 2.75) is 64.9 Å². The summed E-state index contributed by atoms with van der Waals surface area (Å²) >= 11 is 0. The fourth-order valence-corrected chi connectivity index (χ4v) is 2.98. The van der Waals surface area contributed by atoms with Gasteiger partial charge in [-0.2, -0.15) is 0 Å². The number of hydrogen-bond acceptors (Lipinski definition) is 3. The van der Waals surface area contributed by atoms with Crippen molar-refractivity contribution in [3.05, 3.63) is 27.9 Å². The number of aromatic amines is 1. The van der Waals surface area contributed by atoms with E-state index in [1.54, 1.807) is 13.2 Å². The molecule has 1 aliphatic carbocycles. The highest BCUT2D eigenvalue weighted by Gasteiger charge is 2.41. The number of aromatic nitrogens is 2. The molecule has 1 aromatic heterocycles. The van der Waals surface area contributed by atoms with Crippen LogP contribution in [0.2, 0.25) is 0 Å². The van der Waals surface area contributed by atoms with Crippen LogP contribution in [0.5, 0.6) is 0 Å². The first-order chi connectivity index (χ1) is 9.41. The Morgan fingerprint density at radius 1 is 1.30 bits per heavy atom. The zero-order valence-corrected chi connectivity index (χ0v) is 13.1. The number of H-pyrrole nitrogens is 1. The SMILES string of the molecule is CCCc1cc(=O)[nH]c(C2(OC)CCC(C)(C)CC2)n1. The average Bonchev–Trinajstić information content (AvgIpc) is 2.39. The Morgan fingerprint density at radius 2 is 1.95 bits per heavy atom. The van der Waals surface area contributed by atoms with E-state index in [1.807, 2.05) is 0 Å². The molecule has 0 bridgehead atoms. The van der Waals surface area contributed by atoms with Gasteiger partial charge in [0.1, 0.15) is 11.4 Å². The molecule has 0 saturated heterocycles. The molecular weight excluding hydrogens is 252 g/mol. The van der Waals surface area contributed by atoms with Crippen LogP contribution in [0.1, 0.15) is 64.4 Å². The van der Waals surface area contributed by atoms with Gasteiger partial charge in [0.2, 0.25) is 0 Å². The second-order valence-corrected chi connectivity index (χ2v) is 6.70. The number of nitrogens with zero attached hydrogens (tertiary/aromatic N) is 1. The Morgan fingerprint density at radius 3 is 2.50 bits per heavy atom. The van der Waals surface area contributed by atoms with Gasteiger partial charge in [0.05, 0.1) is 0 Å². The Bertz CT molecular complexity index is 509. The van der Waals surface area contributed by atoms with E-state index in [4.69, 9.17) is 4.74 Å². The Kier molecular flexibility index (Phi) is 4.33. The van der Waals surface area contributed by atoms with E-state index in [2.05, 4.69) is 30.7 Å². The second kappa shape index (κ2) is 5.68. The predicted molar refractivity (Wildman–Crippen MR) is 79.8 cm³/mol. The smallest absolute Gasteiger partial charge is 0.251 e. The minimum Gasteiger partial charge on any atom is -0.370 e. The summed E-state index contributed by atoms with van der Waals surface area (Å²) in [5.74, 6) is 0.714.